The van der Waals surface area contributed by atoms with Gasteiger partial charge in [0.25, 0.3) is 0 Å². The van der Waals surface area contributed by atoms with Gasteiger partial charge in [-0.25, -0.2) is 0 Å². The lowest BCUT2D eigenvalue weighted by Gasteiger charge is -2.25. The third-order valence-electron chi connectivity index (χ3n) is 4.53. The average Bonchev–Trinajstić information content (AvgIpc) is 3.02. The zero-order valence-corrected chi connectivity index (χ0v) is 12.1. The number of nitrogens with one attached hydrogen (secondary N) is 1. The summed E-state index contributed by atoms with van der Waals surface area (Å²) in [6.07, 6.45) is 6.50. The van der Waals surface area contributed by atoms with Crippen molar-refractivity contribution >= 4 is 0 Å². The normalized spacial score (nSPS) is 19.7. The fourth-order valence-electron chi connectivity index (χ4n) is 3.46. The van der Waals surface area contributed by atoms with Crippen LogP contribution < -0.4 is 10.1 Å². The van der Waals surface area contributed by atoms with E-state index in [1.807, 2.05) is 12.3 Å². The van der Waals surface area contributed by atoms with E-state index in [1.54, 1.807) is 0 Å². The standard InChI is InChI=1S/C18H20N2O/c1-5-14-9-11-21-18(14)15(6-1)12-20-16-8-2-4-13-7-3-10-19-17(13)16/h1,3,5-7,10,16,20H,2,4,8-9,11-12H2. The Morgan fingerprint density at radius 2 is 2.10 bits per heavy atom. The fourth-order valence-corrected chi connectivity index (χ4v) is 3.46. The van der Waals surface area contributed by atoms with Gasteiger partial charge in [-0.05, 0) is 36.5 Å². The van der Waals surface area contributed by atoms with E-state index in [9.17, 15) is 0 Å². The number of hydrogen-bond donors (Lipinski definition) is 1. The minimum atomic E-state index is 0.368. The Kier molecular flexibility index (Phi) is 3.36. The number of hydrogen-bond acceptors (Lipinski definition) is 3. The number of fused-ring (bicyclic) bond motifs is 2. The summed E-state index contributed by atoms with van der Waals surface area (Å²) in [6.45, 7) is 1.67. The summed E-state index contributed by atoms with van der Waals surface area (Å²) in [6, 6.07) is 11.1. The molecule has 1 aromatic heterocycles. The maximum absolute atomic E-state index is 5.78. The molecule has 4 rings (SSSR count). The molecule has 2 aromatic rings. The molecule has 0 spiro atoms. The molecule has 108 valence electrons. The number of ether oxygens (including phenoxy) is 1. The lowest BCUT2D eigenvalue weighted by molar-refractivity contribution is 0.350. The lowest BCUT2D eigenvalue weighted by atomic mass is 9.92. The summed E-state index contributed by atoms with van der Waals surface area (Å²) in [4.78, 5) is 4.59. The number of nitrogens with zero attached hydrogens (tertiary/aromatic N) is 1. The SMILES string of the molecule is c1cnc2c(c1)CCCC2NCc1cccc2c1OCC2. The molecule has 0 fully saturated rings. The number of aryl methyl sites for hydroxylation is 1. The second-order valence-corrected chi connectivity index (χ2v) is 5.88. The van der Waals surface area contributed by atoms with E-state index in [1.165, 1.54) is 35.2 Å². The number of rotatable bonds is 3. The maximum atomic E-state index is 5.78. The van der Waals surface area contributed by atoms with Crippen LogP contribution in [0.4, 0.5) is 0 Å². The molecule has 1 atom stereocenters. The molecule has 0 saturated heterocycles. The van der Waals surface area contributed by atoms with Gasteiger partial charge in [0.2, 0.25) is 0 Å². The molecule has 0 saturated carbocycles. The van der Waals surface area contributed by atoms with Crippen molar-refractivity contribution in [3.05, 3.63) is 58.9 Å². The van der Waals surface area contributed by atoms with E-state index >= 15 is 0 Å². The number of aromatic nitrogens is 1. The first-order valence-corrected chi connectivity index (χ1v) is 7.82. The molecule has 0 radical (unpaired) electrons. The van der Waals surface area contributed by atoms with Crippen LogP contribution >= 0.6 is 0 Å². The molecule has 2 aliphatic rings. The molecular formula is C18H20N2O. The summed E-state index contributed by atoms with van der Waals surface area (Å²) in [5, 5.41) is 3.68. The van der Waals surface area contributed by atoms with Crippen molar-refractivity contribution in [1.82, 2.24) is 10.3 Å². The van der Waals surface area contributed by atoms with Gasteiger partial charge >= 0.3 is 0 Å². The highest BCUT2D eigenvalue weighted by molar-refractivity contribution is 5.44. The zero-order valence-electron chi connectivity index (χ0n) is 12.1. The van der Waals surface area contributed by atoms with Gasteiger partial charge in [-0.1, -0.05) is 24.3 Å². The van der Waals surface area contributed by atoms with Crippen LogP contribution in [0.5, 0.6) is 5.75 Å². The van der Waals surface area contributed by atoms with Gasteiger partial charge in [-0.3, -0.25) is 4.98 Å². The van der Waals surface area contributed by atoms with Gasteiger partial charge in [-0.2, -0.15) is 0 Å². The quantitative estimate of drug-likeness (QED) is 0.937. The minimum absolute atomic E-state index is 0.368. The zero-order chi connectivity index (χ0) is 14.1. The molecule has 1 aliphatic heterocycles. The Bertz CT molecular complexity index is 653. The highest BCUT2D eigenvalue weighted by Gasteiger charge is 2.22. The van der Waals surface area contributed by atoms with Crippen molar-refractivity contribution in [2.45, 2.75) is 38.3 Å². The van der Waals surface area contributed by atoms with Crippen LogP contribution in [0.3, 0.4) is 0 Å². The van der Waals surface area contributed by atoms with Crippen LogP contribution in [0.25, 0.3) is 0 Å². The summed E-state index contributed by atoms with van der Waals surface area (Å²) in [5.74, 6) is 1.10. The molecule has 1 aliphatic carbocycles. The van der Waals surface area contributed by atoms with E-state index in [0.717, 1.165) is 31.7 Å². The summed E-state index contributed by atoms with van der Waals surface area (Å²) in [5.41, 5.74) is 5.25. The van der Waals surface area contributed by atoms with Gasteiger partial charge in [0.15, 0.2) is 0 Å². The van der Waals surface area contributed by atoms with Gasteiger partial charge in [0.1, 0.15) is 5.75 Å². The Labute approximate surface area is 125 Å². The molecule has 0 amide bonds. The fraction of sp³-hybridized carbons (Fsp3) is 0.389. The molecule has 1 aromatic carbocycles. The summed E-state index contributed by atoms with van der Waals surface area (Å²) < 4.78 is 5.78. The molecule has 3 nitrogen and oxygen atoms in total. The third kappa shape index (κ3) is 2.42. The first-order valence-electron chi connectivity index (χ1n) is 7.82. The Morgan fingerprint density at radius 3 is 3.10 bits per heavy atom. The van der Waals surface area contributed by atoms with Crippen LogP contribution in [0.15, 0.2) is 36.5 Å². The predicted octanol–water partition coefficient (Wildman–Crippen LogP) is 3.18. The van der Waals surface area contributed by atoms with E-state index in [2.05, 4.69) is 34.6 Å². The van der Waals surface area contributed by atoms with Gasteiger partial charge < -0.3 is 10.1 Å². The smallest absolute Gasteiger partial charge is 0.127 e. The number of benzene rings is 1. The van der Waals surface area contributed by atoms with Crippen molar-refractivity contribution in [2.75, 3.05) is 6.61 Å². The summed E-state index contributed by atoms with van der Waals surface area (Å²) >= 11 is 0. The van der Waals surface area contributed by atoms with Crippen molar-refractivity contribution in [3.8, 4) is 5.75 Å². The third-order valence-corrected chi connectivity index (χ3v) is 4.53. The first-order chi connectivity index (χ1) is 10.4. The predicted molar refractivity (Wildman–Crippen MR) is 82.4 cm³/mol. The second-order valence-electron chi connectivity index (χ2n) is 5.88. The molecule has 21 heavy (non-hydrogen) atoms. The molecule has 2 heterocycles. The number of pyridine rings is 1. The molecular weight excluding hydrogens is 260 g/mol. The molecule has 1 unspecified atom stereocenters. The van der Waals surface area contributed by atoms with E-state index < -0.39 is 0 Å². The molecule has 3 heteroatoms. The Hall–Kier alpha value is -1.87. The van der Waals surface area contributed by atoms with Crippen molar-refractivity contribution < 1.29 is 4.74 Å². The maximum Gasteiger partial charge on any atom is 0.127 e. The highest BCUT2D eigenvalue weighted by Crippen LogP contribution is 2.31. The van der Waals surface area contributed by atoms with Crippen molar-refractivity contribution in [3.63, 3.8) is 0 Å². The lowest BCUT2D eigenvalue weighted by Crippen LogP contribution is -2.26. The Balaban J connectivity index is 1.52. The van der Waals surface area contributed by atoms with Crippen LogP contribution in [0.1, 0.15) is 41.3 Å². The van der Waals surface area contributed by atoms with E-state index in [-0.39, 0.29) is 0 Å². The van der Waals surface area contributed by atoms with E-state index in [4.69, 9.17) is 4.74 Å². The molecule has 1 N–H and O–H groups in total. The van der Waals surface area contributed by atoms with Crippen LogP contribution in [-0.4, -0.2) is 11.6 Å². The van der Waals surface area contributed by atoms with E-state index in [0.29, 0.717) is 6.04 Å². The van der Waals surface area contributed by atoms with Crippen LogP contribution in [-0.2, 0) is 19.4 Å². The topological polar surface area (TPSA) is 34.2 Å². The molecule has 0 bridgehead atoms. The first kappa shape index (κ1) is 12.8. The summed E-state index contributed by atoms with van der Waals surface area (Å²) in [7, 11) is 0. The van der Waals surface area contributed by atoms with Gasteiger partial charge in [0, 0.05) is 24.7 Å². The van der Waals surface area contributed by atoms with Gasteiger partial charge in [0.05, 0.1) is 18.3 Å². The van der Waals surface area contributed by atoms with Crippen LogP contribution in [0, 0.1) is 0 Å². The van der Waals surface area contributed by atoms with Crippen molar-refractivity contribution in [2.24, 2.45) is 0 Å². The Morgan fingerprint density at radius 1 is 1.14 bits per heavy atom. The van der Waals surface area contributed by atoms with Gasteiger partial charge in [-0.15, -0.1) is 0 Å². The second kappa shape index (κ2) is 5.49. The van der Waals surface area contributed by atoms with Crippen molar-refractivity contribution in [1.29, 1.82) is 0 Å². The number of para-hydroxylation sites is 1. The minimum Gasteiger partial charge on any atom is -0.493 e. The largest absolute Gasteiger partial charge is 0.493 e. The monoisotopic (exact) mass is 280 g/mol. The average molecular weight is 280 g/mol. The highest BCUT2D eigenvalue weighted by atomic mass is 16.5. The van der Waals surface area contributed by atoms with Crippen LogP contribution in [0.2, 0.25) is 0 Å².